The number of methoxy groups -OCH3 is 1. The number of rotatable bonds is 8. The van der Waals surface area contributed by atoms with Crippen LogP contribution in [0.15, 0.2) is 47.4 Å². The third-order valence-electron chi connectivity index (χ3n) is 7.35. The van der Waals surface area contributed by atoms with Gasteiger partial charge in [0.1, 0.15) is 11.4 Å². The lowest BCUT2D eigenvalue weighted by molar-refractivity contribution is -0.118. The topological polar surface area (TPSA) is 132 Å². The predicted molar refractivity (Wildman–Crippen MR) is 145 cm³/mol. The maximum absolute atomic E-state index is 13.2. The van der Waals surface area contributed by atoms with E-state index in [1.807, 2.05) is 42.3 Å². The summed E-state index contributed by atoms with van der Waals surface area (Å²) in [7, 11) is 4.72. The Labute approximate surface area is 225 Å². The number of aryl methyl sites for hydroxylation is 1. The molecule has 3 amide bonds. The van der Waals surface area contributed by atoms with Crippen LogP contribution in [-0.2, 0) is 16.6 Å². The number of ether oxygens (including phenoxy) is 1. The number of para-hydroxylation sites is 1. The van der Waals surface area contributed by atoms with Crippen molar-refractivity contribution in [3.8, 4) is 16.9 Å². The van der Waals surface area contributed by atoms with Gasteiger partial charge in [-0.2, -0.15) is 10.2 Å². The lowest BCUT2D eigenvalue weighted by Crippen LogP contribution is -2.35. The Morgan fingerprint density at radius 2 is 2.03 bits per heavy atom. The number of hydroxylamine groups is 2. The Morgan fingerprint density at radius 3 is 2.74 bits per heavy atom. The first kappa shape index (κ1) is 26.6. The van der Waals surface area contributed by atoms with Crippen molar-refractivity contribution >= 4 is 17.8 Å². The lowest BCUT2D eigenvalue weighted by atomic mass is 10.1. The summed E-state index contributed by atoms with van der Waals surface area (Å²) in [6, 6.07) is 10.6. The molecule has 1 spiro atoms. The van der Waals surface area contributed by atoms with E-state index in [-0.39, 0.29) is 23.1 Å². The summed E-state index contributed by atoms with van der Waals surface area (Å²) in [4.78, 5) is 43.9. The molecule has 1 saturated heterocycles. The number of hydrogen-bond acceptors (Lipinski definition) is 7. The van der Waals surface area contributed by atoms with Gasteiger partial charge in [0.15, 0.2) is 0 Å². The molecule has 12 nitrogen and oxygen atoms in total. The van der Waals surface area contributed by atoms with E-state index >= 15 is 0 Å². The third-order valence-corrected chi connectivity index (χ3v) is 7.35. The summed E-state index contributed by atoms with van der Waals surface area (Å²) in [5.74, 6) is 0.00787. The van der Waals surface area contributed by atoms with E-state index in [1.54, 1.807) is 25.0 Å². The van der Waals surface area contributed by atoms with Crippen LogP contribution >= 0.6 is 0 Å². The molecule has 2 aromatic heterocycles. The normalized spacial score (nSPS) is 20.3. The summed E-state index contributed by atoms with van der Waals surface area (Å²) in [6.45, 7) is 4.42. The van der Waals surface area contributed by atoms with Crippen LogP contribution in [0.2, 0.25) is 0 Å². The number of nitrogens with one attached hydrogen (secondary N) is 3. The van der Waals surface area contributed by atoms with Crippen LogP contribution in [0.4, 0.5) is 10.6 Å². The van der Waals surface area contributed by atoms with Gasteiger partial charge in [-0.3, -0.25) is 19.7 Å². The second-order valence-corrected chi connectivity index (χ2v) is 10.1. The Hall–Kier alpha value is -4.00. The minimum Gasteiger partial charge on any atom is -0.383 e. The van der Waals surface area contributed by atoms with Crippen molar-refractivity contribution in [1.29, 1.82) is 0 Å². The lowest BCUT2D eigenvalue weighted by Gasteiger charge is -2.14. The highest BCUT2D eigenvalue weighted by Crippen LogP contribution is 2.50. The summed E-state index contributed by atoms with van der Waals surface area (Å²) >= 11 is 0. The van der Waals surface area contributed by atoms with Crippen molar-refractivity contribution in [2.75, 3.05) is 45.8 Å². The van der Waals surface area contributed by atoms with Gasteiger partial charge in [0.2, 0.25) is 0 Å². The predicted octanol–water partition coefficient (Wildman–Crippen LogP) is 1.68. The SMILES string of the molecule is CNC(=O)c1cc(-c2nn(-c3ccccc3)c(NC(=O)NC3C[C@]34CON(CCOC)C4)c2C)cn(C)c1=O. The molecule has 206 valence electrons. The Bertz CT molecular complexity index is 1450. The zero-order valence-corrected chi connectivity index (χ0v) is 22.5. The molecule has 5 rings (SSSR count). The molecule has 1 aromatic carbocycles. The first-order chi connectivity index (χ1) is 18.8. The number of nitrogens with zero attached hydrogens (tertiary/aromatic N) is 4. The number of urea groups is 1. The summed E-state index contributed by atoms with van der Waals surface area (Å²) in [5.41, 5.74) is 2.07. The number of benzene rings is 1. The molecule has 3 aromatic rings. The fourth-order valence-electron chi connectivity index (χ4n) is 5.00. The van der Waals surface area contributed by atoms with E-state index < -0.39 is 11.5 Å². The summed E-state index contributed by atoms with van der Waals surface area (Å²) in [6.07, 6.45) is 2.47. The molecule has 0 bridgehead atoms. The fraction of sp³-hybridized carbons (Fsp3) is 0.407. The third kappa shape index (κ3) is 5.18. The maximum atomic E-state index is 13.2. The number of carbonyl (C=O) groups excluding carboxylic acids is 2. The van der Waals surface area contributed by atoms with Gasteiger partial charge in [-0.05, 0) is 31.5 Å². The molecule has 1 unspecified atom stereocenters. The molecule has 39 heavy (non-hydrogen) atoms. The highest BCUT2D eigenvalue weighted by Gasteiger charge is 2.59. The number of aromatic nitrogens is 3. The van der Waals surface area contributed by atoms with E-state index in [1.165, 1.54) is 17.7 Å². The smallest absolute Gasteiger partial charge is 0.320 e. The van der Waals surface area contributed by atoms with Gasteiger partial charge in [0.25, 0.3) is 11.5 Å². The van der Waals surface area contributed by atoms with Gasteiger partial charge >= 0.3 is 6.03 Å². The molecule has 3 N–H and O–H groups in total. The molecule has 1 aliphatic carbocycles. The van der Waals surface area contributed by atoms with E-state index in [9.17, 15) is 14.4 Å². The molecule has 2 fully saturated rings. The quantitative estimate of drug-likeness (QED) is 0.400. The van der Waals surface area contributed by atoms with Crippen LogP contribution in [0.25, 0.3) is 16.9 Å². The average Bonchev–Trinajstić information content (AvgIpc) is 3.25. The van der Waals surface area contributed by atoms with Crippen LogP contribution in [0.1, 0.15) is 22.3 Å². The fourth-order valence-corrected chi connectivity index (χ4v) is 5.00. The zero-order chi connectivity index (χ0) is 27.7. The number of pyridine rings is 1. The van der Waals surface area contributed by atoms with Crippen LogP contribution < -0.4 is 21.5 Å². The van der Waals surface area contributed by atoms with Crippen LogP contribution in [0, 0.1) is 12.3 Å². The molecule has 2 aliphatic rings. The maximum Gasteiger partial charge on any atom is 0.320 e. The first-order valence-electron chi connectivity index (χ1n) is 12.8. The van der Waals surface area contributed by atoms with Crippen LogP contribution in [0.5, 0.6) is 0 Å². The van der Waals surface area contributed by atoms with Crippen molar-refractivity contribution in [1.82, 2.24) is 30.0 Å². The molecule has 1 saturated carbocycles. The largest absolute Gasteiger partial charge is 0.383 e. The summed E-state index contributed by atoms with van der Waals surface area (Å²) in [5, 5.41) is 15.3. The van der Waals surface area contributed by atoms with Crippen molar-refractivity contribution in [2.24, 2.45) is 12.5 Å². The first-order valence-corrected chi connectivity index (χ1v) is 12.8. The monoisotopic (exact) mass is 535 g/mol. The van der Waals surface area contributed by atoms with Crippen molar-refractivity contribution < 1.29 is 19.2 Å². The van der Waals surface area contributed by atoms with E-state index in [4.69, 9.17) is 14.7 Å². The highest BCUT2D eigenvalue weighted by atomic mass is 16.7. The zero-order valence-electron chi connectivity index (χ0n) is 22.5. The molecular formula is C27H33N7O5. The number of anilines is 1. The number of amides is 3. The van der Waals surface area contributed by atoms with Gasteiger partial charge in [0, 0.05) is 63.1 Å². The minimum absolute atomic E-state index is 0.00307. The van der Waals surface area contributed by atoms with Gasteiger partial charge in [0.05, 0.1) is 24.6 Å². The van der Waals surface area contributed by atoms with Crippen molar-refractivity contribution in [2.45, 2.75) is 19.4 Å². The Balaban J connectivity index is 1.42. The number of carbonyl (C=O) groups is 2. The Morgan fingerprint density at radius 1 is 1.26 bits per heavy atom. The molecule has 2 atom stereocenters. The molecule has 3 heterocycles. The molecule has 1 aliphatic heterocycles. The highest BCUT2D eigenvalue weighted by molar-refractivity contribution is 5.95. The second-order valence-electron chi connectivity index (χ2n) is 10.1. The van der Waals surface area contributed by atoms with Crippen molar-refractivity contribution in [3.63, 3.8) is 0 Å². The van der Waals surface area contributed by atoms with E-state index in [2.05, 4.69) is 16.0 Å². The number of hydrogen-bond donors (Lipinski definition) is 3. The van der Waals surface area contributed by atoms with Gasteiger partial charge in [-0.15, -0.1) is 0 Å². The van der Waals surface area contributed by atoms with Crippen LogP contribution in [-0.4, -0.2) is 77.9 Å². The second kappa shape index (κ2) is 10.6. The standard InChI is InChI=1S/C27H33N7O5/c1-17-22(18-12-20(24(35)28-2)25(36)32(3)14-18)31-34(19-8-6-5-7-9-19)23(17)30-26(37)29-21-13-27(21)15-33(39-16-27)10-11-38-4/h5-9,12,14,21H,10-11,13,15-16H2,1-4H3,(H,28,35)(H2,29,30,37)/t21?,27-/m0/s1. The van der Waals surface area contributed by atoms with Gasteiger partial charge < -0.3 is 19.9 Å². The molecule has 0 radical (unpaired) electrons. The van der Waals surface area contributed by atoms with E-state index in [0.29, 0.717) is 42.4 Å². The van der Waals surface area contributed by atoms with Gasteiger partial charge in [-0.1, -0.05) is 18.2 Å². The Kier molecular flexibility index (Phi) is 7.25. The summed E-state index contributed by atoms with van der Waals surface area (Å²) < 4.78 is 8.14. The van der Waals surface area contributed by atoms with Crippen molar-refractivity contribution in [3.05, 3.63) is 64.1 Å². The van der Waals surface area contributed by atoms with Crippen LogP contribution in [0.3, 0.4) is 0 Å². The molecular weight excluding hydrogens is 502 g/mol. The molecule has 12 heteroatoms. The minimum atomic E-state index is -0.481. The van der Waals surface area contributed by atoms with Gasteiger partial charge in [-0.25, -0.2) is 9.48 Å². The van der Waals surface area contributed by atoms with E-state index in [0.717, 1.165) is 18.7 Å². The average molecular weight is 536 g/mol.